The van der Waals surface area contributed by atoms with E-state index in [2.05, 4.69) is 41.2 Å². The summed E-state index contributed by atoms with van der Waals surface area (Å²) in [6.07, 6.45) is 5.57. The zero-order valence-corrected chi connectivity index (χ0v) is 9.97. The Bertz CT molecular complexity index is 161. The summed E-state index contributed by atoms with van der Waals surface area (Å²) >= 11 is 0. The van der Waals surface area contributed by atoms with E-state index in [4.69, 9.17) is 0 Å². The van der Waals surface area contributed by atoms with Crippen molar-refractivity contribution in [2.45, 2.75) is 6.55 Å². The molecule has 3 nitrogen and oxygen atoms in total. The minimum absolute atomic E-state index is 0.803. The predicted octanol–water partition coefficient (Wildman–Crippen LogP) is 0.882. The lowest BCUT2D eigenvalue weighted by Crippen LogP contribution is -2.70. The van der Waals surface area contributed by atoms with Gasteiger partial charge in [0.15, 0.2) is 0 Å². The SMILES string of the molecule is C=CCN[Si](C)(NCC=C)NCC=C. The van der Waals surface area contributed by atoms with Crippen LogP contribution in [0, 0.1) is 0 Å². The van der Waals surface area contributed by atoms with Gasteiger partial charge in [0.25, 0.3) is 8.56 Å². The van der Waals surface area contributed by atoms with E-state index >= 15 is 0 Å². The zero-order chi connectivity index (χ0) is 10.9. The Labute approximate surface area is 88.2 Å². The van der Waals surface area contributed by atoms with Gasteiger partial charge in [0.1, 0.15) is 0 Å². The molecular formula is C10H21N3Si. The van der Waals surface area contributed by atoms with Gasteiger partial charge in [0.2, 0.25) is 0 Å². The Morgan fingerprint density at radius 1 is 0.857 bits per heavy atom. The molecule has 4 heteroatoms. The number of hydrogen-bond donors (Lipinski definition) is 3. The molecule has 3 N–H and O–H groups in total. The van der Waals surface area contributed by atoms with Gasteiger partial charge in [0, 0.05) is 19.6 Å². The fraction of sp³-hybridized carbons (Fsp3) is 0.400. The van der Waals surface area contributed by atoms with Crippen molar-refractivity contribution in [3.63, 3.8) is 0 Å². The summed E-state index contributed by atoms with van der Waals surface area (Å²) in [5.74, 6) is 0. The first-order chi connectivity index (χ1) is 6.68. The topological polar surface area (TPSA) is 36.1 Å². The third-order valence-corrected chi connectivity index (χ3v) is 4.53. The largest absolute Gasteiger partial charge is 0.310 e. The molecule has 0 unspecified atom stereocenters. The van der Waals surface area contributed by atoms with Crippen molar-refractivity contribution in [2.24, 2.45) is 0 Å². The average molecular weight is 211 g/mol. The lowest BCUT2D eigenvalue weighted by Gasteiger charge is -2.28. The Morgan fingerprint density at radius 3 is 1.36 bits per heavy atom. The molecule has 0 saturated carbocycles. The van der Waals surface area contributed by atoms with Crippen molar-refractivity contribution >= 4 is 8.56 Å². The van der Waals surface area contributed by atoms with Crippen LogP contribution in [0.25, 0.3) is 0 Å². The second kappa shape index (κ2) is 7.70. The van der Waals surface area contributed by atoms with Gasteiger partial charge in [-0.3, -0.25) is 0 Å². The van der Waals surface area contributed by atoms with Crippen molar-refractivity contribution in [1.29, 1.82) is 0 Å². The lowest BCUT2D eigenvalue weighted by molar-refractivity contribution is 0.833. The van der Waals surface area contributed by atoms with Gasteiger partial charge in [-0.15, -0.1) is 19.7 Å². The second-order valence-electron chi connectivity index (χ2n) is 3.13. The summed E-state index contributed by atoms with van der Waals surface area (Å²) in [4.78, 5) is 10.3. The normalized spacial score (nSPS) is 10.9. The van der Waals surface area contributed by atoms with Crippen LogP contribution in [0.15, 0.2) is 38.0 Å². The van der Waals surface area contributed by atoms with E-state index in [-0.39, 0.29) is 0 Å². The summed E-state index contributed by atoms with van der Waals surface area (Å²) in [7, 11) is -1.78. The molecule has 0 saturated heterocycles. The van der Waals surface area contributed by atoms with Crippen LogP contribution >= 0.6 is 0 Å². The molecule has 0 aliphatic rings. The Kier molecular flexibility index (Phi) is 7.32. The van der Waals surface area contributed by atoms with Crippen molar-refractivity contribution in [1.82, 2.24) is 14.9 Å². The second-order valence-corrected chi connectivity index (χ2v) is 6.44. The molecule has 0 heterocycles. The van der Waals surface area contributed by atoms with E-state index in [0.29, 0.717) is 0 Å². The van der Waals surface area contributed by atoms with Crippen LogP contribution in [-0.2, 0) is 0 Å². The van der Waals surface area contributed by atoms with Crippen LogP contribution in [0.3, 0.4) is 0 Å². The fourth-order valence-electron chi connectivity index (χ4n) is 1.02. The average Bonchev–Trinajstić information content (AvgIpc) is 2.21. The highest BCUT2D eigenvalue weighted by molar-refractivity contribution is 6.71. The van der Waals surface area contributed by atoms with E-state index in [1.54, 1.807) is 0 Å². The molecule has 0 aromatic rings. The molecule has 14 heavy (non-hydrogen) atoms. The Morgan fingerprint density at radius 2 is 1.14 bits per heavy atom. The van der Waals surface area contributed by atoms with Gasteiger partial charge in [-0.1, -0.05) is 18.2 Å². The molecule has 0 aliphatic carbocycles. The van der Waals surface area contributed by atoms with Crippen LogP contribution in [0.2, 0.25) is 6.55 Å². The molecule has 80 valence electrons. The molecular weight excluding hydrogens is 190 g/mol. The van der Waals surface area contributed by atoms with Crippen LogP contribution in [0.4, 0.5) is 0 Å². The van der Waals surface area contributed by atoms with Crippen LogP contribution in [0.5, 0.6) is 0 Å². The first-order valence-corrected chi connectivity index (χ1v) is 7.26. The van der Waals surface area contributed by atoms with E-state index < -0.39 is 8.56 Å². The maximum atomic E-state index is 3.69. The molecule has 0 atom stereocenters. The first kappa shape index (κ1) is 13.3. The molecule has 0 spiro atoms. The lowest BCUT2D eigenvalue weighted by atomic mass is 10.7. The van der Waals surface area contributed by atoms with Crippen LogP contribution in [0.1, 0.15) is 0 Å². The standard InChI is InChI=1S/C10H21N3Si/c1-5-8-11-14(4,12-9-6-2)13-10-7-3/h5-7,11-13H,1-3,8-10H2,4H3. The molecule has 0 aromatic heterocycles. The van der Waals surface area contributed by atoms with Crippen LogP contribution in [-0.4, -0.2) is 28.2 Å². The molecule has 0 aliphatic heterocycles. The summed E-state index contributed by atoms with van der Waals surface area (Å²) < 4.78 is 0. The van der Waals surface area contributed by atoms with Crippen molar-refractivity contribution in [3.05, 3.63) is 38.0 Å². The minimum atomic E-state index is -1.78. The van der Waals surface area contributed by atoms with Crippen molar-refractivity contribution < 1.29 is 0 Å². The van der Waals surface area contributed by atoms with Crippen molar-refractivity contribution in [3.8, 4) is 0 Å². The highest BCUT2D eigenvalue weighted by atomic mass is 28.4. The molecule has 0 bridgehead atoms. The van der Waals surface area contributed by atoms with Crippen LogP contribution < -0.4 is 14.9 Å². The van der Waals surface area contributed by atoms with E-state index in [1.807, 2.05) is 18.2 Å². The highest BCUT2D eigenvalue weighted by Crippen LogP contribution is 1.87. The highest BCUT2D eigenvalue weighted by Gasteiger charge is 2.24. The van der Waals surface area contributed by atoms with E-state index in [1.165, 1.54) is 0 Å². The third-order valence-electron chi connectivity index (χ3n) is 1.80. The van der Waals surface area contributed by atoms with Gasteiger partial charge in [0.05, 0.1) is 0 Å². The number of rotatable bonds is 9. The monoisotopic (exact) mass is 211 g/mol. The Hall–Kier alpha value is -0.683. The van der Waals surface area contributed by atoms with Gasteiger partial charge in [-0.05, 0) is 6.55 Å². The predicted molar refractivity (Wildman–Crippen MR) is 66.2 cm³/mol. The number of hydrogen-bond acceptors (Lipinski definition) is 3. The molecule has 0 fully saturated rings. The van der Waals surface area contributed by atoms with Gasteiger partial charge in [-0.25, -0.2) is 0 Å². The summed E-state index contributed by atoms with van der Waals surface area (Å²) in [6.45, 7) is 15.6. The Balaban J connectivity index is 4.07. The summed E-state index contributed by atoms with van der Waals surface area (Å²) in [6, 6.07) is 0. The molecule has 0 radical (unpaired) electrons. The van der Waals surface area contributed by atoms with Gasteiger partial charge in [-0.2, -0.15) is 0 Å². The first-order valence-electron chi connectivity index (χ1n) is 4.76. The summed E-state index contributed by atoms with van der Waals surface area (Å²) in [5.41, 5.74) is 0. The quantitative estimate of drug-likeness (QED) is 0.391. The molecule has 0 rings (SSSR count). The molecule has 0 amide bonds. The van der Waals surface area contributed by atoms with Gasteiger partial charge >= 0.3 is 0 Å². The minimum Gasteiger partial charge on any atom is -0.310 e. The zero-order valence-electron chi connectivity index (χ0n) is 8.97. The van der Waals surface area contributed by atoms with Crippen molar-refractivity contribution in [2.75, 3.05) is 19.6 Å². The fourth-order valence-corrected chi connectivity index (χ4v) is 3.05. The van der Waals surface area contributed by atoms with E-state index in [9.17, 15) is 0 Å². The maximum Gasteiger partial charge on any atom is 0.278 e. The molecule has 0 aromatic carbocycles. The third kappa shape index (κ3) is 5.88. The maximum absolute atomic E-state index is 3.69. The van der Waals surface area contributed by atoms with E-state index in [0.717, 1.165) is 19.6 Å². The summed E-state index contributed by atoms with van der Waals surface area (Å²) in [5, 5.41) is 0. The van der Waals surface area contributed by atoms with Gasteiger partial charge < -0.3 is 14.9 Å². The number of nitrogens with one attached hydrogen (secondary N) is 3. The smallest absolute Gasteiger partial charge is 0.278 e.